The first-order chi connectivity index (χ1) is 14.6. The molecule has 3 rings (SSSR count). The van der Waals surface area contributed by atoms with Gasteiger partial charge < -0.3 is 14.2 Å². The van der Waals surface area contributed by atoms with Gasteiger partial charge in [0.2, 0.25) is 0 Å². The molecule has 0 fully saturated rings. The molecule has 0 aliphatic rings. The van der Waals surface area contributed by atoms with Gasteiger partial charge in [-0.15, -0.1) is 11.3 Å². The molecule has 160 valence electrons. The predicted octanol–water partition coefficient (Wildman–Crippen LogP) is 3.47. The molecule has 7 nitrogen and oxygen atoms in total. The molecule has 2 heterocycles. The number of ether oxygens (including phenoxy) is 3. The van der Waals surface area contributed by atoms with E-state index in [9.17, 15) is 9.59 Å². The second kappa shape index (κ2) is 10.4. The summed E-state index contributed by atoms with van der Waals surface area (Å²) in [4.78, 5) is 31.2. The molecule has 0 amide bonds. The maximum atomic E-state index is 13.0. The summed E-state index contributed by atoms with van der Waals surface area (Å²) < 4.78 is 17.4. The molecule has 0 N–H and O–H groups in total. The standard InChI is InChI=1S/C22H26N2O5S/c1-4-17-14-18-20(30-17)23-19(10-13-27-2)24(21(18)25)11-5-12-29-16-8-6-15(7-9-16)22(26)28-3/h6-9,14H,4-5,10-13H2,1-3H3. The molecule has 0 bridgehead atoms. The van der Waals surface area contributed by atoms with E-state index in [0.29, 0.717) is 49.3 Å². The number of benzene rings is 1. The Balaban J connectivity index is 1.69. The van der Waals surface area contributed by atoms with Crippen molar-refractivity contribution in [2.24, 2.45) is 0 Å². The monoisotopic (exact) mass is 430 g/mol. The summed E-state index contributed by atoms with van der Waals surface area (Å²) in [6.45, 7) is 3.53. The number of esters is 1. The van der Waals surface area contributed by atoms with E-state index < -0.39 is 0 Å². The van der Waals surface area contributed by atoms with Gasteiger partial charge in [0, 0.05) is 25.0 Å². The van der Waals surface area contributed by atoms with Crippen molar-refractivity contribution in [1.82, 2.24) is 9.55 Å². The minimum atomic E-state index is -0.382. The Kier molecular flexibility index (Phi) is 7.59. The molecule has 0 unspecified atom stereocenters. The summed E-state index contributed by atoms with van der Waals surface area (Å²) >= 11 is 1.58. The van der Waals surface area contributed by atoms with Crippen LogP contribution in [0.25, 0.3) is 10.2 Å². The molecule has 8 heteroatoms. The molecule has 2 aromatic heterocycles. The van der Waals surface area contributed by atoms with Crippen LogP contribution in [0.4, 0.5) is 0 Å². The van der Waals surface area contributed by atoms with Crippen LogP contribution in [0.2, 0.25) is 0 Å². The Bertz CT molecular complexity index is 1060. The van der Waals surface area contributed by atoms with Gasteiger partial charge in [-0.3, -0.25) is 9.36 Å². The van der Waals surface area contributed by atoms with Crippen LogP contribution in [0.3, 0.4) is 0 Å². The van der Waals surface area contributed by atoms with E-state index in [0.717, 1.165) is 22.0 Å². The van der Waals surface area contributed by atoms with E-state index in [4.69, 9.17) is 14.5 Å². The van der Waals surface area contributed by atoms with Gasteiger partial charge in [-0.1, -0.05) is 6.92 Å². The lowest BCUT2D eigenvalue weighted by Gasteiger charge is -2.13. The first-order valence-electron chi connectivity index (χ1n) is 9.89. The van der Waals surface area contributed by atoms with Crippen molar-refractivity contribution < 1.29 is 19.0 Å². The first kappa shape index (κ1) is 22.0. The van der Waals surface area contributed by atoms with Gasteiger partial charge >= 0.3 is 5.97 Å². The number of carbonyl (C=O) groups excluding carboxylic acids is 1. The zero-order valence-electron chi connectivity index (χ0n) is 17.5. The summed E-state index contributed by atoms with van der Waals surface area (Å²) in [6, 6.07) is 8.73. The predicted molar refractivity (Wildman–Crippen MR) is 117 cm³/mol. The van der Waals surface area contributed by atoms with Crippen LogP contribution in [0, 0.1) is 0 Å². The Morgan fingerprint density at radius 1 is 1.17 bits per heavy atom. The van der Waals surface area contributed by atoms with Crippen molar-refractivity contribution in [3.63, 3.8) is 0 Å². The Hall–Kier alpha value is -2.71. The average molecular weight is 431 g/mol. The minimum Gasteiger partial charge on any atom is -0.494 e. The third-order valence-electron chi connectivity index (χ3n) is 4.73. The van der Waals surface area contributed by atoms with Crippen LogP contribution in [0.1, 0.15) is 34.4 Å². The molecule has 0 saturated heterocycles. The average Bonchev–Trinajstić information content (AvgIpc) is 3.20. The fourth-order valence-electron chi connectivity index (χ4n) is 3.11. The summed E-state index contributed by atoms with van der Waals surface area (Å²) in [5, 5.41) is 0.678. The lowest BCUT2D eigenvalue weighted by Crippen LogP contribution is -2.26. The van der Waals surface area contributed by atoms with Gasteiger partial charge in [-0.2, -0.15) is 0 Å². The van der Waals surface area contributed by atoms with Crippen molar-refractivity contribution in [3.8, 4) is 5.75 Å². The lowest BCUT2D eigenvalue weighted by molar-refractivity contribution is 0.0600. The Labute approximate surface area is 179 Å². The summed E-state index contributed by atoms with van der Waals surface area (Å²) in [5.74, 6) is 1.02. The summed E-state index contributed by atoms with van der Waals surface area (Å²) in [6.07, 6.45) is 2.12. The number of hydrogen-bond donors (Lipinski definition) is 0. The van der Waals surface area contributed by atoms with Crippen molar-refractivity contribution in [2.75, 3.05) is 27.4 Å². The maximum Gasteiger partial charge on any atom is 0.337 e. The van der Waals surface area contributed by atoms with Crippen LogP contribution in [0.5, 0.6) is 5.75 Å². The number of methoxy groups -OCH3 is 2. The van der Waals surface area contributed by atoms with Crippen LogP contribution in [0.15, 0.2) is 35.1 Å². The van der Waals surface area contributed by atoms with Crippen molar-refractivity contribution in [1.29, 1.82) is 0 Å². The van der Waals surface area contributed by atoms with Crippen LogP contribution in [-0.2, 0) is 28.9 Å². The topological polar surface area (TPSA) is 79.7 Å². The third kappa shape index (κ3) is 5.06. The zero-order chi connectivity index (χ0) is 21.5. The van der Waals surface area contributed by atoms with Crippen LogP contribution >= 0.6 is 11.3 Å². The van der Waals surface area contributed by atoms with Crippen LogP contribution in [-0.4, -0.2) is 43.0 Å². The SMILES string of the molecule is CCc1cc2c(=O)n(CCCOc3ccc(C(=O)OC)cc3)c(CCOC)nc2s1. The molecule has 0 spiro atoms. The molecule has 1 aromatic carbocycles. The highest BCUT2D eigenvalue weighted by atomic mass is 32.1. The number of nitrogens with zero attached hydrogens (tertiary/aromatic N) is 2. The van der Waals surface area contributed by atoms with E-state index >= 15 is 0 Å². The molecule has 0 aliphatic heterocycles. The fraction of sp³-hybridized carbons (Fsp3) is 0.409. The molecule has 0 radical (unpaired) electrons. The van der Waals surface area contributed by atoms with E-state index in [2.05, 4.69) is 11.7 Å². The van der Waals surface area contributed by atoms with Gasteiger partial charge in [-0.05, 0) is 43.2 Å². The number of carbonyl (C=O) groups is 1. The van der Waals surface area contributed by atoms with Gasteiger partial charge in [0.15, 0.2) is 0 Å². The molecule has 0 saturated carbocycles. The molecular weight excluding hydrogens is 404 g/mol. The summed E-state index contributed by atoms with van der Waals surface area (Å²) in [7, 11) is 2.99. The third-order valence-corrected chi connectivity index (χ3v) is 5.90. The minimum absolute atomic E-state index is 0.00974. The zero-order valence-corrected chi connectivity index (χ0v) is 18.3. The van der Waals surface area contributed by atoms with Gasteiger partial charge in [0.05, 0.1) is 31.3 Å². The highest BCUT2D eigenvalue weighted by Crippen LogP contribution is 2.22. The Morgan fingerprint density at radius 3 is 2.60 bits per heavy atom. The quantitative estimate of drug-likeness (QED) is 0.362. The summed E-state index contributed by atoms with van der Waals surface area (Å²) in [5.41, 5.74) is 0.463. The van der Waals surface area contributed by atoms with Crippen molar-refractivity contribution >= 4 is 27.5 Å². The molecule has 0 atom stereocenters. The lowest BCUT2D eigenvalue weighted by atomic mass is 10.2. The second-order valence-electron chi connectivity index (χ2n) is 6.73. The highest BCUT2D eigenvalue weighted by Gasteiger charge is 2.14. The van der Waals surface area contributed by atoms with E-state index in [1.165, 1.54) is 7.11 Å². The van der Waals surface area contributed by atoms with E-state index in [1.54, 1.807) is 47.3 Å². The number of fused-ring (bicyclic) bond motifs is 1. The molecule has 3 aromatic rings. The number of thiophene rings is 1. The largest absolute Gasteiger partial charge is 0.494 e. The van der Waals surface area contributed by atoms with Crippen molar-refractivity contribution in [2.45, 2.75) is 32.7 Å². The maximum absolute atomic E-state index is 13.0. The number of aromatic nitrogens is 2. The molecule has 0 aliphatic carbocycles. The van der Waals surface area contributed by atoms with Gasteiger partial charge in [-0.25, -0.2) is 9.78 Å². The first-order valence-corrected chi connectivity index (χ1v) is 10.7. The molecule has 30 heavy (non-hydrogen) atoms. The smallest absolute Gasteiger partial charge is 0.337 e. The number of rotatable bonds is 10. The van der Waals surface area contributed by atoms with Gasteiger partial charge in [0.1, 0.15) is 16.4 Å². The van der Waals surface area contributed by atoms with E-state index in [1.807, 2.05) is 6.07 Å². The second-order valence-corrected chi connectivity index (χ2v) is 7.85. The number of aryl methyl sites for hydroxylation is 1. The molecular formula is C22H26N2O5S. The van der Waals surface area contributed by atoms with Crippen LogP contribution < -0.4 is 10.3 Å². The normalized spacial score (nSPS) is 11.0. The Morgan fingerprint density at radius 2 is 1.93 bits per heavy atom. The van der Waals surface area contributed by atoms with Crippen molar-refractivity contribution in [3.05, 3.63) is 57.0 Å². The highest BCUT2D eigenvalue weighted by molar-refractivity contribution is 7.18. The fourth-order valence-corrected chi connectivity index (χ4v) is 4.09. The number of hydrogen-bond acceptors (Lipinski definition) is 7. The van der Waals surface area contributed by atoms with Gasteiger partial charge in [0.25, 0.3) is 5.56 Å². The van der Waals surface area contributed by atoms with E-state index in [-0.39, 0.29) is 11.5 Å².